The molecular formula is C15H10N2O3. The van der Waals surface area contributed by atoms with Crippen molar-refractivity contribution in [1.29, 1.82) is 5.26 Å². The fourth-order valence-corrected chi connectivity index (χ4v) is 1.44. The van der Waals surface area contributed by atoms with Crippen molar-refractivity contribution in [2.75, 3.05) is 0 Å². The fourth-order valence-electron chi connectivity index (χ4n) is 1.44. The first-order chi connectivity index (χ1) is 9.67. The summed E-state index contributed by atoms with van der Waals surface area (Å²) >= 11 is 0. The molecule has 98 valence electrons. The number of rotatable bonds is 4. The molecule has 0 unspecified atom stereocenters. The van der Waals surface area contributed by atoms with Crippen molar-refractivity contribution in [3.8, 4) is 17.7 Å². The molecule has 0 bridgehead atoms. The molecule has 5 nitrogen and oxygen atoms in total. The highest BCUT2D eigenvalue weighted by Crippen LogP contribution is 2.19. The zero-order valence-corrected chi connectivity index (χ0v) is 10.4. The first-order valence-corrected chi connectivity index (χ1v) is 5.72. The van der Waals surface area contributed by atoms with Crippen molar-refractivity contribution < 1.29 is 14.6 Å². The number of aromatic nitrogens is 1. The molecule has 0 saturated heterocycles. The molecule has 1 aromatic carbocycles. The van der Waals surface area contributed by atoms with Crippen LogP contribution < -0.4 is 4.74 Å². The predicted octanol–water partition coefficient (Wildman–Crippen LogP) is 2.84. The molecule has 0 aliphatic carbocycles. The highest BCUT2D eigenvalue weighted by Gasteiger charge is 1.99. The lowest BCUT2D eigenvalue weighted by atomic mass is 10.2. The Bertz CT molecular complexity index is 668. The minimum absolute atomic E-state index is 0.391. The molecule has 0 atom stereocenters. The number of benzene rings is 1. The van der Waals surface area contributed by atoms with Gasteiger partial charge in [-0.05, 0) is 42.0 Å². The average molecular weight is 266 g/mol. The Kier molecular flexibility index (Phi) is 4.10. The summed E-state index contributed by atoms with van der Waals surface area (Å²) in [4.78, 5) is 14.4. The maximum atomic E-state index is 10.4. The van der Waals surface area contributed by atoms with Gasteiger partial charge in [0.1, 0.15) is 5.75 Å². The molecule has 5 heteroatoms. The van der Waals surface area contributed by atoms with Crippen LogP contribution in [0.2, 0.25) is 0 Å². The van der Waals surface area contributed by atoms with Crippen LogP contribution in [-0.4, -0.2) is 16.1 Å². The topological polar surface area (TPSA) is 83.2 Å². The van der Waals surface area contributed by atoms with Gasteiger partial charge < -0.3 is 9.84 Å². The molecule has 2 rings (SSSR count). The molecule has 0 saturated carbocycles. The van der Waals surface area contributed by atoms with Gasteiger partial charge in [0.2, 0.25) is 5.88 Å². The third kappa shape index (κ3) is 3.68. The first-order valence-electron chi connectivity index (χ1n) is 5.72. The van der Waals surface area contributed by atoms with Crippen molar-refractivity contribution in [3.05, 3.63) is 59.8 Å². The summed E-state index contributed by atoms with van der Waals surface area (Å²) in [7, 11) is 0. The van der Waals surface area contributed by atoms with Gasteiger partial charge in [-0.15, -0.1) is 0 Å². The summed E-state index contributed by atoms with van der Waals surface area (Å²) in [6, 6.07) is 12.0. The highest BCUT2D eigenvalue weighted by molar-refractivity contribution is 5.85. The average Bonchev–Trinajstić information content (AvgIpc) is 2.47. The molecule has 1 N–H and O–H groups in total. The maximum Gasteiger partial charge on any atom is 0.328 e. The fraction of sp³-hybridized carbons (Fsp3) is 0. The second-order valence-electron chi connectivity index (χ2n) is 3.84. The summed E-state index contributed by atoms with van der Waals surface area (Å²) in [6.07, 6.45) is 4.00. The van der Waals surface area contributed by atoms with Gasteiger partial charge in [0.05, 0.1) is 11.6 Å². The molecule has 0 aliphatic heterocycles. The number of aliphatic carboxylic acids is 1. The van der Waals surface area contributed by atoms with Gasteiger partial charge in [0.15, 0.2) is 0 Å². The summed E-state index contributed by atoms with van der Waals surface area (Å²) in [6.45, 7) is 0. The number of ether oxygens (including phenoxy) is 1. The van der Waals surface area contributed by atoms with Crippen LogP contribution in [-0.2, 0) is 4.79 Å². The minimum Gasteiger partial charge on any atom is -0.478 e. The lowest BCUT2D eigenvalue weighted by Gasteiger charge is -2.04. The van der Waals surface area contributed by atoms with Crippen molar-refractivity contribution in [2.45, 2.75) is 0 Å². The normalized spacial score (nSPS) is 10.2. The lowest BCUT2D eigenvalue weighted by molar-refractivity contribution is -0.131. The Morgan fingerprint density at radius 1 is 1.25 bits per heavy atom. The number of pyridine rings is 1. The van der Waals surface area contributed by atoms with Crippen LogP contribution in [0.3, 0.4) is 0 Å². The molecule has 0 amide bonds. The third-order valence-electron chi connectivity index (χ3n) is 2.38. The van der Waals surface area contributed by atoms with E-state index in [1.807, 2.05) is 6.07 Å². The Labute approximate surface area is 115 Å². The Morgan fingerprint density at radius 3 is 2.55 bits per heavy atom. The SMILES string of the molecule is N#Cc1ccc(Oc2ccc(/C=C/C(=O)O)cn2)cc1. The Hall–Kier alpha value is -3.13. The zero-order chi connectivity index (χ0) is 14.4. The third-order valence-corrected chi connectivity index (χ3v) is 2.38. The van der Waals surface area contributed by atoms with E-state index >= 15 is 0 Å². The van der Waals surface area contributed by atoms with Crippen LogP contribution in [0.15, 0.2) is 48.7 Å². The lowest BCUT2D eigenvalue weighted by Crippen LogP contribution is -1.89. The number of carboxylic acid groups (broad SMARTS) is 1. The summed E-state index contributed by atoms with van der Waals surface area (Å²) in [5, 5.41) is 17.2. The minimum atomic E-state index is -1.01. The van der Waals surface area contributed by atoms with Crippen molar-refractivity contribution in [1.82, 2.24) is 4.98 Å². The molecular weight excluding hydrogens is 256 g/mol. The summed E-state index contributed by atoms with van der Waals surface area (Å²) in [5.74, 6) is -0.0459. The van der Waals surface area contributed by atoms with Crippen LogP contribution in [0.25, 0.3) is 6.08 Å². The van der Waals surface area contributed by atoms with Gasteiger partial charge in [-0.2, -0.15) is 5.26 Å². The van der Waals surface area contributed by atoms with Gasteiger partial charge in [0.25, 0.3) is 0 Å². The van der Waals surface area contributed by atoms with E-state index in [2.05, 4.69) is 4.98 Å². The molecule has 1 heterocycles. The van der Waals surface area contributed by atoms with E-state index in [0.29, 0.717) is 22.8 Å². The second-order valence-corrected chi connectivity index (χ2v) is 3.84. The molecule has 2 aromatic rings. The van der Waals surface area contributed by atoms with E-state index < -0.39 is 5.97 Å². The van der Waals surface area contributed by atoms with Crippen LogP contribution in [0.4, 0.5) is 0 Å². The van der Waals surface area contributed by atoms with E-state index in [9.17, 15) is 4.79 Å². The zero-order valence-electron chi connectivity index (χ0n) is 10.4. The van der Waals surface area contributed by atoms with Crippen LogP contribution >= 0.6 is 0 Å². The summed E-state index contributed by atoms with van der Waals surface area (Å²) < 4.78 is 5.50. The number of hydrogen-bond acceptors (Lipinski definition) is 4. The Balaban J connectivity index is 2.06. The monoisotopic (exact) mass is 266 g/mol. The van der Waals surface area contributed by atoms with Crippen LogP contribution in [0.5, 0.6) is 11.6 Å². The highest BCUT2D eigenvalue weighted by atomic mass is 16.5. The van der Waals surface area contributed by atoms with Gasteiger partial charge in [-0.25, -0.2) is 9.78 Å². The first kappa shape index (κ1) is 13.3. The van der Waals surface area contributed by atoms with Crippen molar-refractivity contribution in [2.24, 2.45) is 0 Å². The van der Waals surface area contributed by atoms with Crippen molar-refractivity contribution in [3.63, 3.8) is 0 Å². The molecule has 20 heavy (non-hydrogen) atoms. The second kappa shape index (κ2) is 6.16. The van der Waals surface area contributed by atoms with E-state index in [1.54, 1.807) is 36.4 Å². The number of hydrogen-bond donors (Lipinski definition) is 1. The molecule has 1 aromatic heterocycles. The van der Waals surface area contributed by atoms with Crippen molar-refractivity contribution >= 4 is 12.0 Å². The number of nitriles is 1. The predicted molar refractivity (Wildman–Crippen MR) is 72.1 cm³/mol. The van der Waals surface area contributed by atoms with Gasteiger partial charge >= 0.3 is 5.97 Å². The quantitative estimate of drug-likeness (QED) is 0.860. The largest absolute Gasteiger partial charge is 0.478 e. The number of carboxylic acids is 1. The number of carbonyl (C=O) groups is 1. The molecule has 0 fully saturated rings. The molecule has 0 radical (unpaired) electrons. The van der Waals surface area contributed by atoms with Crippen LogP contribution in [0, 0.1) is 11.3 Å². The van der Waals surface area contributed by atoms with Crippen LogP contribution in [0.1, 0.15) is 11.1 Å². The molecule has 0 aliphatic rings. The van der Waals surface area contributed by atoms with Gasteiger partial charge in [-0.3, -0.25) is 0 Å². The maximum absolute atomic E-state index is 10.4. The van der Waals surface area contributed by atoms with E-state index in [4.69, 9.17) is 15.1 Å². The van der Waals surface area contributed by atoms with Gasteiger partial charge in [-0.1, -0.05) is 0 Å². The molecule has 0 spiro atoms. The smallest absolute Gasteiger partial charge is 0.328 e. The standard InChI is InChI=1S/C15H10N2O3/c16-9-11-1-5-13(6-2-11)20-14-7-3-12(10-17-14)4-8-15(18)19/h1-8,10H,(H,18,19)/b8-4+. The number of nitrogens with zero attached hydrogens (tertiary/aromatic N) is 2. The van der Waals surface area contributed by atoms with E-state index in [0.717, 1.165) is 6.08 Å². The van der Waals surface area contributed by atoms with E-state index in [1.165, 1.54) is 12.3 Å². The summed E-state index contributed by atoms with van der Waals surface area (Å²) in [5.41, 5.74) is 1.22. The Morgan fingerprint density at radius 2 is 2.00 bits per heavy atom. The van der Waals surface area contributed by atoms with E-state index in [-0.39, 0.29) is 0 Å². The van der Waals surface area contributed by atoms with Gasteiger partial charge in [0, 0.05) is 18.3 Å².